The number of ether oxygens (including phenoxy) is 1. The Hall–Kier alpha value is -2.08. The Balaban J connectivity index is 1.45. The van der Waals surface area contributed by atoms with Crippen molar-refractivity contribution in [3.05, 3.63) is 23.8 Å². The first-order valence-electron chi connectivity index (χ1n) is 10.5. The van der Waals surface area contributed by atoms with Crippen molar-refractivity contribution in [2.24, 2.45) is 5.92 Å². The number of amides is 2. The third-order valence-corrected chi connectivity index (χ3v) is 5.70. The molecule has 1 aromatic rings. The van der Waals surface area contributed by atoms with Gasteiger partial charge in [-0.2, -0.15) is 0 Å². The van der Waals surface area contributed by atoms with Crippen LogP contribution in [0.25, 0.3) is 0 Å². The molecule has 2 amide bonds. The number of carbonyl (C=O) groups excluding carboxylic acids is 2. The highest BCUT2D eigenvalue weighted by molar-refractivity contribution is 5.96. The van der Waals surface area contributed by atoms with Gasteiger partial charge in [0.2, 0.25) is 11.8 Å². The molecule has 2 fully saturated rings. The van der Waals surface area contributed by atoms with Crippen molar-refractivity contribution in [1.29, 1.82) is 0 Å². The zero-order valence-electron chi connectivity index (χ0n) is 17.1. The lowest BCUT2D eigenvalue weighted by Gasteiger charge is -2.29. The molecule has 0 aliphatic heterocycles. The zero-order valence-corrected chi connectivity index (χ0v) is 17.1. The molecule has 6 heteroatoms. The topological polar surface area (TPSA) is 70.7 Å². The zero-order chi connectivity index (χ0) is 19.9. The van der Waals surface area contributed by atoms with E-state index < -0.39 is 0 Å². The Morgan fingerprint density at radius 3 is 2.54 bits per heavy atom. The normalized spacial score (nSPS) is 17.4. The van der Waals surface area contributed by atoms with Crippen LogP contribution < -0.4 is 15.4 Å². The van der Waals surface area contributed by atoms with Gasteiger partial charge in [-0.1, -0.05) is 25.3 Å². The molecule has 6 nitrogen and oxygen atoms in total. The molecule has 2 aliphatic rings. The Kier molecular flexibility index (Phi) is 7.31. The average molecular weight is 388 g/mol. The lowest BCUT2D eigenvalue weighted by atomic mass is 9.89. The van der Waals surface area contributed by atoms with E-state index in [1.807, 2.05) is 25.1 Å². The number of rotatable bonds is 9. The Morgan fingerprint density at radius 2 is 1.86 bits per heavy atom. The molecule has 154 valence electrons. The van der Waals surface area contributed by atoms with Crippen LogP contribution in [0.2, 0.25) is 0 Å². The van der Waals surface area contributed by atoms with Crippen molar-refractivity contribution in [2.45, 2.75) is 57.9 Å². The molecule has 2 N–H and O–H groups in total. The van der Waals surface area contributed by atoms with Gasteiger partial charge in [0, 0.05) is 12.6 Å². The molecule has 0 aromatic heterocycles. The second-order valence-corrected chi connectivity index (χ2v) is 8.19. The van der Waals surface area contributed by atoms with E-state index in [1.54, 1.807) is 7.11 Å². The van der Waals surface area contributed by atoms with Gasteiger partial charge < -0.3 is 15.4 Å². The number of hydrogen-bond acceptors (Lipinski definition) is 4. The van der Waals surface area contributed by atoms with Crippen molar-refractivity contribution in [3.8, 4) is 5.75 Å². The van der Waals surface area contributed by atoms with Gasteiger partial charge in [0.15, 0.2) is 0 Å². The number of aryl methyl sites for hydroxylation is 1. The molecule has 0 saturated heterocycles. The van der Waals surface area contributed by atoms with E-state index in [0.717, 1.165) is 18.0 Å². The van der Waals surface area contributed by atoms with Gasteiger partial charge in [0.25, 0.3) is 0 Å². The molecule has 0 atom stereocenters. The van der Waals surface area contributed by atoms with E-state index in [-0.39, 0.29) is 18.4 Å². The van der Waals surface area contributed by atoms with Gasteiger partial charge in [0.1, 0.15) is 5.75 Å². The van der Waals surface area contributed by atoms with E-state index in [9.17, 15) is 9.59 Å². The van der Waals surface area contributed by atoms with E-state index in [1.165, 1.54) is 44.9 Å². The summed E-state index contributed by atoms with van der Waals surface area (Å²) in [6, 6.07) is 6.16. The number of anilines is 1. The SMILES string of the molecule is COc1ccc(C)cc1NC(=O)CNC(=O)CN(CC1CCCCC1)C1CC1. The van der Waals surface area contributed by atoms with Gasteiger partial charge in [-0.3, -0.25) is 14.5 Å². The molecular weight excluding hydrogens is 354 g/mol. The van der Waals surface area contributed by atoms with Gasteiger partial charge in [-0.15, -0.1) is 0 Å². The highest BCUT2D eigenvalue weighted by atomic mass is 16.5. The monoisotopic (exact) mass is 387 g/mol. The summed E-state index contributed by atoms with van der Waals surface area (Å²) < 4.78 is 5.28. The number of carbonyl (C=O) groups is 2. The maximum Gasteiger partial charge on any atom is 0.243 e. The summed E-state index contributed by atoms with van der Waals surface area (Å²) in [6.07, 6.45) is 8.93. The van der Waals surface area contributed by atoms with Crippen LogP contribution in [0, 0.1) is 12.8 Å². The highest BCUT2D eigenvalue weighted by Gasteiger charge is 2.32. The van der Waals surface area contributed by atoms with Crippen molar-refractivity contribution in [2.75, 3.05) is 32.1 Å². The first-order valence-corrected chi connectivity index (χ1v) is 10.5. The number of hydrogen-bond donors (Lipinski definition) is 2. The standard InChI is InChI=1S/C22H33N3O3/c1-16-8-11-20(28-2)19(12-16)24-21(26)13-23-22(27)15-25(18-9-10-18)14-17-6-4-3-5-7-17/h8,11-12,17-18H,3-7,9-10,13-15H2,1-2H3,(H,23,27)(H,24,26). The molecule has 0 bridgehead atoms. The third-order valence-electron chi connectivity index (χ3n) is 5.70. The summed E-state index contributed by atoms with van der Waals surface area (Å²) in [5, 5.41) is 5.59. The van der Waals surface area contributed by atoms with Crippen LogP contribution in [-0.4, -0.2) is 49.5 Å². The van der Waals surface area contributed by atoms with Crippen LogP contribution in [0.3, 0.4) is 0 Å². The van der Waals surface area contributed by atoms with E-state index in [2.05, 4.69) is 15.5 Å². The van der Waals surface area contributed by atoms with E-state index >= 15 is 0 Å². The van der Waals surface area contributed by atoms with Crippen molar-refractivity contribution < 1.29 is 14.3 Å². The Labute approximate surface area is 168 Å². The smallest absolute Gasteiger partial charge is 0.243 e. The largest absolute Gasteiger partial charge is 0.495 e. The first-order chi connectivity index (χ1) is 13.5. The molecule has 0 spiro atoms. The molecule has 2 saturated carbocycles. The van der Waals surface area contributed by atoms with Gasteiger partial charge in [-0.05, 0) is 56.2 Å². The Morgan fingerprint density at radius 1 is 1.11 bits per heavy atom. The second kappa shape index (κ2) is 9.92. The van der Waals surface area contributed by atoms with Crippen LogP contribution in [0.5, 0.6) is 5.75 Å². The fourth-order valence-corrected chi connectivity index (χ4v) is 4.02. The fraction of sp³-hybridized carbons (Fsp3) is 0.636. The van der Waals surface area contributed by atoms with Crippen molar-refractivity contribution >= 4 is 17.5 Å². The van der Waals surface area contributed by atoms with Crippen LogP contribution in [0.4, 0.5) is 5.69 Å². The highest BCUT2D eigenvalue weighted by Crippen LogP contribution is 2.31. The minimum Gasteiger partial charge on any atom is -0.495 e. The molecule has 3 rings (SSSR count). The van der Waals surface area contributed by atoms with Crippen LogP contribution in [0.1, 0.15) is 50.5 Å². The summed E-state index contributed by atoms with van der Waals surface area (Å²) in [5.74, 6) is 1.01. The number of benzene rings is 1. The quantitative estimate of drug-likeness (QED) is 0.683. The maximum atomic E-state index is 12.4. The summed E-state index contributed by atoms with van der Waals surface area (Å²) in [4.78, 5) is 27.0. The van der Waals surface area contributed by atoms with Crippen LogP contribution in [0.15, 0.2) is 18.2 Å². The van der Waals surface area contributed by atoms with Gasteiger partial charge >= 0.3 is 0 Å². The molecule has 1 aromatic carbocycles. The van der Waals surface area contributed by atoms with E-state index in [4.69, 9.17) is 4.74 Å². The number of nitrogens with zero attached hydrogens (tertiary/aromatic N) is 1. The van der Waals surface area contributed by atoms with Crippen molar-refractivity contribution in [1.82, 2.24) is 10.2 Å². The van der Waals surface area contributed by atoms with Crippen molar-refractivity contribution in [3.63, 3.8) is 0 Å². The first kappa shape index (κ1) is 20.6. The van der Waals surface area contributed by atoms with Crippen LogP contribution in [-0.2, 0) is 9.59 Å². The van der Waals surface area contributed by atoms with E-state index in [0.29, 0.717) is 24.0 Å². The number of methoxy groups -OCH3 is 1. The number of nitrogens with one attached hydrogen (secondary N) is 2. The lowest BCUT2D eigenvalue weighted by molar-refractivity contribution is -0.125. The summed E-state index contributed by atoms with van der Waals surface area (Å²) in [5.41, 5.74) is 1.65. The Bertz CT molecular complexity index is 682. The molecule has 0 heterocycles. The lowest BCUT2D eigenvalue weighted by Crippen LogP contribution is -2.43. The molecule has 28 heavy (non-hydrogen) atoms. The predicted octanol–water partition coefficient (Wildman–Crippen LogP) is 3.10. The third kappa shape index (κ3) is 6.23. The second-order valence-electron chi connectivity index (χ2n) is 8.19. The average Bonchev–Trinajstić information content (AvgIpc) is 3.52. The summed E-state index contributed by atoms with van der Waals surface area (Å²) >= 11 is 0. The predicted molar refractivity (Wildman–Crippen MR) is 111 cm³/mol. The van der Waals surface area contributed by atoms with Crippen LogP contribution >= 0.6 is 0 Å². The minimum atomic E-state index is -0.248. The summed E-state index contributed by atoms with van der Waals surface area (Å²) in [7, 11) is 1.57. The minimum absolute atomic E-state index is 0.0299. The molecule has 0 unspecified atom stereocenters. The maximum absolute atomic E-state index is 12.4. The van der Waals surface area contributed by atoms with Gasteiger partial charge in [-0.25, -0.2) is 0 Å². The summed E-state index contributed by atoms with van der Waals surface area (Å²) in [6.45, 7) is 3.33. The van der Waals surface area contributed by atoms with Gasteiger partial charge in [0.05, 0.1) is 25.9 Å². The molecule has 2 aliphatic carbocycles. The fourth-order valence-electron chi connectivity index (χ4n) is 4.02. The molecular formula is C22H33N3O3. The molecule has 0 radical (unpaired) electrons.